The van der Waals surface area contributed by atoms with Crippen LogP contribution in [-0.4, -0.2) is 0 Å². The second-order valence-electron chi connectivity index (χ2n) is 8.59. The van der Waals surface area contributed by atoms with Crippen molar-refractivity contribution in [2.45, 2.75) is 12.1 Å². The molecular weight excluding hydrogens is 444 g/mol. The predicted molar refractivity (Wildman–Crippen MR) is 144 cm³/mol. The van der Waals surface area contributed by atoms with Crippen LogP contribution in [0.3, 0.4) is 0 Å². The standard InChI is InChI=1S/C32H28N2O2/c33-31(25-15-19-29(20-16-25)35-27-7-3-1-4-8-27)23-11-13-24(14-12-23)32(34)26-17-21-30(22-18-26)36-28-9-5-2-6-10-28/h1-22,31-32H,33-34H2. The molecule has 5 aromatic carbocycles. The Morgan fingerprint density at radius 1 is 0.333 bits per heavy atom. The number of hydrogen-bond donors (Lipinski definition) is 2. The molecule has 4 heteroatoms. The second-order valence-corrected chi connectivity index (χ2v) is 8.59. The molecule has 2 atom stereocenters. The Kier molecular flexibility index (Phi) is 7.08. The third-order valence-corrected chi connectivity index (χ3v) is 6.09. The largest absolute Gasteiger partial charge is 0.457 e. The molecule has 5 aromatic rings. The molecule has 0 aliphatic carbocycles. The van der Waals surface area contributed by atoms with Gasteiger partial charge in [-0.3, -0.25) is 0 Å². The van der Waals surface area contributed by atoms with E-state index in [2.05, 4.69) is 0 Å². The van der Waals surface area contributed by atoms with Gasteiger partial charge in [-0.15, -0.1) is 0 Å². The van der Waals surface area contributed by atoms with Gasteiger partial charge in [0.25, 0.3) is 0 Å². The molecule has 2 unspecified atom stereocenters. The normalized spacial score (nSPS) is 12.5. The maximum absolute atomic E-state index is 6.55. The van der Waals surface area contributed by atoms with E-state index < -0.39 is 0 Å². The monoisotopic (exact) mass is 472 g/mol. The van der Waals surface area contributed by atoms with Crippen molar-refractivity contribution in [3.05, 3.63) is 156 Å². The molecule has 5 rings (SSSR count). The average molecular weight is 473 g/mol. The van der Waals surface area contributed by atoms with E-state index in [1.54, 1.807) is 0 Å². The fraction of sp³-hybridized carbons (Fsp3) is 0.0625. The Bertz CT molecular complexity index is 1260. The Balaban J connectivity index is 1.22. The van der Waals surface area contributed by atoms with Gasteiger partial charge >= 0.3 is 0 Å². The van der Waals surface area contributed by atoms with E-state index in [1.807, 2.05) is 133 Å². The van der Waals surface area contributed by atoms with Crippen LogP contribution in [0.4, 0.5) is 0 Å². The van der Waals surface area contributed by atoms with Crippen molar-refractivity contribution in [2.75, 3.05) is 0 Å². The van der Waals surface area contributed by atoms with E-state index in [4.69, 9.17) is 20.9 Å². The molecule has 0 fully saturated rings. The maximum Gasteiger partial charge on any atom is 0.127 e. The first kappa shape index (κ1) is 23.4. The Morgan fingerprint density at radius 2 is 0.583 bits per heavy atom. The molecule has 0 bridgehead atoms. The van der Waals surface area contributed by atoms with Crippen LogP contribution >= 0.6 is 0 Å². The molecular formula is C32H28N2O2. The van der Waals surface area contributed by atoms with Crippen molar-refractivity contribution in [1.29, 1.82) is 0 Å². The van der Waals surface area contributed by atoms with E-state index in [-0.39, 0.29) is 12.1 Å². The molecule has 0 saturated heterocycles. The fourth-order valence-electron chi connectivity index (χ4n) is 4.03. The first-order chi connectivity index (χ1) is 17.7. The summed E-state index contributed by atoms with van der Waals surface area (Å²) in [6.07, 6.45) is 0. The summed E-state index contributed by atoms with van der Waals surface area (Å²) >= 11 is 0. The Hall–Kier alpha value is -4.38. The summed E-state index contributed by atoms with van der Waals surface area (Å²) in [6, 6.07) is 42.9. The number of rotatable bonds is 8. The van der Waals surface area contributed by atoms with E-state index in [0.29, 0.717) is 0 Å². The van der Waals surface area contributed by atoms with Gasteiger partial charge in [-0.1, -0.05) is 84.9 Å². The van der Waals surface area contributed by atoms with Gasteiger partial charge in [0.05, 0.1) is 12.1 Å². The minimum atomic E-state index is -0.240. The van der Waals surface area contributed by atoms with E-state index in [9.17, 15) is 0 Å². The lowest BCUT2D eigenvalue weighted by Crippen LogP contribution is -2.14. The zero-order chi connectivity index (χ0) is 24.7. The molecule has 0 aliphatic rings. The smallest absolute Gasteiger partial charge is 0.127 e. The molecule has 0 saturated carbocycles. The van der Waals surface area contributed by atoms with Crippen molar-refractivity contribution in [3.8, 4) is 23.0 Å². The van der Waals surface area contributed by atoms with Crippen LogP contribution in [0.5, 0.6) is 23.0 Å². The summed E-state index contributed by atoms with van der Waals surface area (Å²) in [4.78, 5) is 0. The molecule has 0 radical (unpaired) electrons. The van der Waals surface area contributed by atoms with Crippen LogP contribution in [0.15, 0.2) is 133 Å². The molecule has 0 spiro atoms. The molecule has 0 aromatic heterocycles. The van der Waals surface area contributed by atoms with Crippen molar-refractivity contribution in [2.24, 2.45) is 11.5 Å². The lowest BCUT2D eigenvalue weighted by Gasteiger charge is -2.17. The van der Waals surface area contributed by atoms with Crippen LogP contribution in [-0.2, 0) is 0 Å². The molecule has 0 aliphatic heterocycles. The highest BCUT2D eigenvalue weighted by atomic mass is 16.5. The summed E-state index contributed by atoms with van der Waals surface area (Å²) in [7, 11) is 0. The molecule has 0 amide bonds. The van der Waals surface area contributed by atoms with Gasteiger partial charge < -0.3 is 20.9 Å². The van der Waals surface area contributed by atoms with E-state index >= 15 is 0 Å². The molecule has 0 heterocycles. The minimum absolute atomic E-state index is 0.240. The van der Waals surface area contributed by atoms with Crippen LogP contribution < -0.4 is 20.9 Å². The zero-order valence-electron chi connectivity index (χ0n) is 19.8. The Morgan fingerprint density at radius 3 is 0.889 bits per heavy atom. The first-order valence-corrected chi connectivity index (χ1v) is 11.9. The van der Waals surface area contributed by atoms with Crippen molar-refractivity contribution in [1.82, 2.24) is 0 Å². The summed E-state index contributed by atoms with van der Waals surface area (Å²) in [5.74, 6) is 3.16. The van der Waals surface area contributed by atoms with Gasteiger partial charge in [0, 0.05) is 0 Å². The topological polar surface area (TPSA) is 70.5 Å². The maximum atomic E-state index is 6.55. The number of ether oxygens (including phenoxy) is 2. The van der Waals surface area contributed by atoms with Crippen LogP contribution in [0, 0.1) is 0 Å². The first-order valence-electron chi connectivity index (χ1n) is 11.9. The summed E-state index contributed by atoms with van der Waals surface area (Å²) in [5, 5.41) is 0. The minimum Gasteiger partial charge on any atom is -0.457 e. The van der Waals surface area contributed by atoms with Crippen molar-refractivity contribution >= 4 is 0 Å². The predicted octanol–water partition coefficient (Wildman–Crippen LogP) is 7.37. The highest BCUT2D eigenvalue weighted by molar-refractivity contribution is 5.41. The Labute approximate surface area is 211 Å². The van der Waals surface area contributed by atoms with Crippen molar-refractivity contribution < 1.29 is 9.47 Å². The highest BCUT2D eigenvalue weighted by Gasteiger charge is 2.13. The van der Waals surface area contributed by atoms with E-state index in [0.717, 1.165) is 45.3 Å². The van der Waals surface area contributed by atoms with Gasteiger partial charge in [-0.2, -0.15) is 0 Å². The molecule has 178 valence electrons. The average Bonchev–Trinajstić information content (AvgIpc) is 2.94. The van der Waals surface area contributed by atoms with Gasteiger partial charge in [0.2, 0.25) is 0 Å². The second kappa shape index (κ2) is 10.9. The SMILES string of the molecule is NC(c1ccc(Oc2ccccc2)cc1)c1ccc(C(N)c2ccc(Oc3ccccc3)cc2)cc1. The van der Waals surface area contributed by atoms with Crippen molar-refractivity contribution in [3.63, 3.8) is 0 Å². The summed E-state index contributed by atoms with van der Waals surface area (Å²) in [5.41, 5.74) is 17.2. The van der Waals surface area contributed by atoms with Crippen LogP contribution in [0.1, 0.15) is 34.3 Å². The summed E-state index contributed by atoms with van der Waals surface area (Å²) < 4.78 is 11.8. The van der Waals surface area contributed by atoms with Gasteiger partial charge in [-0.05, 0) is 70.8 Å². The van der Waals surface area contributed by atoms with Gasteiger partial charge in [-0.25, -0.2) is 0 Å². The zero-order valence-corrected chi connectivity index (χ0v) is 19.8. The number of hydrogen-bond acceptors (Lipinski definition) is 4. The molecule has 36 heavy (non-hydrogen) atoms. The quantitative estimate of drug-likeness (QED) is 0.247. The third kappa shape index (κ3) is 5.63. The number of para-hydroxylation sites is 2. The van der Waals surface area contributed by atoms with Crippen LogP contribution in [0.25, 0.3) is 0 Å². The summed E-state index contributed by atoms with van der Waals surface area (Å²) in [6.45, 7) is 0. The molecule has 4 nitrogen and oxygen atoms in total. The highest BCUT2D eigenvalue weighted by Crippen LogP contribution is 2.28. The third-order valence-electron chi connectivity index (χ3n) is 6.09. The lowest BCUT2D eigenvalue weighted by molar-refractivity contribution is 0.482. The number of nitrogens with two attached hydrogens (primary N) is 2. The van der Waals surface area contributed by atoms with E-state index in [1.165, 1.54) is 0 Å². The van der Waals surface area contributed by atoms with Crippen LogP contribution in [0.2, 0.25) is 0 Å². The molecule has 4 N–H and O–H groups in total. The van der Waals surface area contributed by atoms with Gasteiger partial charge in [0.15, 0.2) is 0 Å². The fourth-order valence-corrected chi connectivity index (χ4v) is 4.03. The number of benzene rings is 5. The lowest BCUT2D eigenvalue weighted by atomic mass is 9.95. The van der Waals surface area contributed by atoms with Gasteiger partial charge in [0.1, 0.15) is 23.0 Å².